The average molecular weight is 412 g/mol. The Balaban J connectivity index is 1.61. The molecule has 0 aliphatic rings. The normalized spacial score (nSPS) is 10.9. The van der Waals surface area contributed by atoms with Crippen LogP contribution in [0.15, 0.2) is 18.2 Å². The number of rotatable bonds is 9. The number of ether oxygens (including phenoxy) is 2. The molecule has 3 N–H and O–H groups in total. The largest absolute Gasteiger partial charge is 0.490 e. The van der Waals surface area contributed by atoms with E-state index in [1.165, 1.54) is 0 Å². The highest BCUT2D eigenvalue weighted by atomic mass is 16.5. The first kappa shape index (κ1) is 21.4. The number of aryl methyl sites for hydroxylation is 2. The van der Waals surface area contributed by atoms with E-state index in [1.54, 1.807) is 4.52 Å². The zero-order chi connectivity index (χ0) is 21.7. The Bertz CT molecular complexity index is 1050. The molecule has 160 valence electrons. The van der Waals surface area contributed by atoms with Crippen LogP contribution in [-0.4, -0.2) is 45.2 Å². The highest BCUT2D eigenvalue weighted by molar-refractivity contribution is 5.79. The summed E-state index contributed by atoms with van der Waals surface area (Å²) in [6.07, 6.45) is 0.904. The van der Waals surface area contributed by atoms with Crippen LogP contribution in [0.3, 0.4) is 0 Å². The summed E-state index contributed by atoms with van der Waals surface area (Å²) in [5.74, 6) is 1.97. The number of carbonyl (C=O) groups is 1. The molecule has 3 aromatic rings. The Kier molecular flexibility index (Phi) is 6.71. The van der Waals surface area contributed by atoms with E-state index in [0.717, 1.165) is 34.0 Å². The van der Waals surface area contributed by atoms with Gasteiger partial charge >= 0.3 is 0 Å². The molecule has 0 aliphatic carbocycles. The van der Waals surface area contributed by atoms with Crippen LogP contribution in [0.5, 0.6) is 11.5 Å². The average Bonchev–Trinajstić information content (AvgIpc) is 3.08. The van der Waals surface area contributed by atoms with E-state index in [0.29, 0.717) is 32.0 Å². The van der Waals surface area contributed by atoms with Gasteiger partial charge in [-0.2, -0.15) is 9.50 Å². The van der Waals surface area contributed by atoms with Gasteiger partial charge in [0.05, 0.1) is 19.6 Å². The van der Waals surface area contributed by atoms with E-state index >= 15 is 0 Å². The fraction of sp³-hybridized carbons (Fsp3) is 0.429. The minimum absolute atomic E-state index is 0.0774. The first-order valence-electron chi connectivity index (χ1n) is 10.1. The van der Waals surface area contributed by atoms with Crippen molar-refractivity contribution in [2.24, 2.45) is 0 Å². The summed E-state index contributed by atoms with van der Waals surface area (Å²) in [4.78, 5) is 21.0. The third-order valence-electron chi connectivity index (χ3n) is 4.75. The van der Waals surface area contributed by atoms with Gasteiger partial charge in [0.25, 0.3) is 5.78 Å². The van der Waals surface area contributed by atoms with Gasteiger partial charge in [0.1, 0.15) is 0 Å². The number of nitrogen functional groups attached to an aromatic ring is 1. The quantitative estimate of drug-likeness (QED) is 0.552. The molecule has 3 rings (SSSR count). The number of amides is 1. The molecule has 0 fully saturated rings. The minimum Gasteiger partial charge on any atom is -0.490 e. The van der Waals surface area contributed by atoms with Crippen LogP contribution in [0.4, 0.5) is 5.95 Å². The van der Waals surface area contributed by atoms with E-state index in [1.807, 2.05) is 45.9 Å². The van der Waals surface area contributed by atoms with Crippen molar-refractivity contribution in [3.05, 3.63) is 40.7 Å². The molecule has 0 saturated heterocycles. The van der Waals surface area contributed by atoms with Crippen molar-refractivity contribution in [2.45, 2.75) is 40.5 Å². The molecule has 0 atom stereocenters. The number of fused-ring (bicyclic) bond motifs is 1. The maximum atomic E-state index is 12.5. The second kappa shape index (κ2) is 9.43. The molecule has 0 unspecified atom stereocenters. The van der Waals surface area contributed by atoms with Crippen molar-refractivity contribution in [2.75, 3.05) is 25.5 Å². The highest BCUT2D eigenvalue weighted by Gasteiger charge is 2.15. The smallest absolute Gasteiger partial charge is 0.254 e. The van der Waals surface area contributed by atoms with Gasteiger partial charge in [-0.25, -0.2) is 4.98 Å². The molecule has 0 saturated carbocycles. The van der Waals surface area contributed by atoms with Crippen molar-refractivity contribution < 1.29 is 14.3 Å². The Morgan fingerprint density at radius 1 is 1.13 bits per heavy atom. The molecule has 9 heteroatoms. The van der Waals surface area contributed by atoms with Crippen LogP contribution in [0.1, 0.15) is 36.4 Å². The maximum Gasteiger partial charge on any atom is 0.254 e. The Hall–Kier alpha value is -3.36. The van der Waals surface area contributed by atoms with Gasteiger partial charge in [-0.3, -0.25) is 4.79 Å². The molecule has 2 aromatic heterocycles. The van der Waals surface area contributed by atoms with E-state index in [2.05, 4.69) is 20.4 Å². The number of anilines is 1. The van der Waals surface area contributed by atoms with Crippen LogP contribution in [0, 0.1) is 13.8 Å². The third-order valence-corrected chi connectivity index (χ3v) is 4.75. The van der Waals surface area contributed by atoms with Gasteiger partial charge < -0.3 is 20.5 Å². The monoisotopic (exact) mass is 412 g/mol. The number of hydrogen-bond donors (Lipinski definition) is 2. The Labute approximate surface area is 175 Å². The number of benzene rings is 1. The predicted octanol–water partition coefficient (Wildman–Crippen LogP) is 2.02. The number of hydrogen-bond acceptors (Lipinski definition) is 7. The standard InChI is InChI=1S/C21H28N6O3/c1-5-29-17-8-7-15(11-18(17)30-6-2)9-10-23-19(28)12-16-13(3)24-21-25-20(22)26-27(21)14(16)4/h7-8,11H,5-6,9-10,12H2,1-4H3,(H2,22,26)(H,23,28). The third kappa shape index (κ3) is 4.79. The summed E-state index contributed by atoms with van der Waals surface area (Å²) in [6, 6.07) is 5.85. The summed E-state index contributed by atoms with van der Waals surface area (Å²) in [7, 11) is 0. The summed E-state index contributed by atoms with van der Waals surface area (Å²) >= 11 is 0. The molecule has 1 aromatic carbocycles. The number of nitrogens with one attached hydrogen (secondary N) is 1. The van der Waals surface area contributed by atoms with Crippen molar-refractivity contribution in [1.29, 1.82) is 0 Å². The minimum atomic E-state index is -0.0774. The zero-order valence-electron chi connectivity index (χ0n) is 17.9. The van der Waals surface area contributed by atoms with Crippen LogP contribution < -0.4 is 20.5 Å². The van der Waals surface area contributed by atoms with Crippen LogP contribution >= 0.6 is 0 Å². The number of nitrogens with two attached hydrogens (primary N) is 1. The van der Waals surface area contributed by atoms with Crippen molar-refractivity contribution in [3.8, 4) is 11.5 Å². The second-order valence-electron chi connectivity index (χ2n) is 6.87. The molecule has 0 spiro atoms. The topological polar surface area (TPSA) is 117 Å². The Morgan fingerprint density at radius 3 is 2.60 bits per heavy atom. The van der Waals surface area contributed by atoms with Crippen molar-refractivity contribution >= 4 is 17.6 Å². The summed E-state index contributed by atoms with van der Waals surface area (Å²) in [6.45, 7) is 9.27. The van der Waals surface area contributed by atoms with Crippen LogP contribution in [0.2, 0.25) is 0 Å². The van der Waals surface area contributed by atoms with Gasteiger partial charge in [0.2, 0.25) is 11.9 Å². The van der Waals surface area contributed by atoms with Crippen molar-refractivity contribution in [1.82, 2.24) is 24.9 Å². The summed E-state index contributed by atoms with van der Waals surface area (Å²) in [5.41, 5.74) is 9.10. The van der Waals surface area contributed by atoms with Crippen molar-refractivity contribution in [3.63, 3.8) is 0 Å². The molecule has 0 bridgehead atoms. The van der Waals surface area contributed by atoms with E-state index in [-0.39, 0.29) is 18.3 Å². The summed E-state index contributed by atoms with van der Waals surface area (Å²) < 4.78 is 12.8. The van der Waals surface area contributed by atoms with Crippen LogP contribution in [-0.2, 0) is 17.6 Å². The number of nitrogens with zero attached hydrogens (tertiary/aromatic N) is 4. The number of aromatic nitrogens is 4. The lowest BCUT2D eigenvalue weighted by Gasteiger charge is -2.13. The fourth-order valence-corrected chi connectivity index (χ4v) is 3.30. The molecule has 1 amide bonds. The molecule has 9 nitrogen and oxygen atoms in total. The van der Waals surface area contributed by atoms with Gasteiger partial charge in [0.15, 0.2) is 11.5 Å². The second-order valence-corrected chi connectivity index (χ2v) is 6.87. The van der Waals surface area contributed by atoms with Crippen LogP contribution in [0.25, 0.3) is 5.78 Å². The number of carbonyl (C=O) groups excluding carboxylic acids is 1. The molecule has 0 radical (unpaired) electrons. The first-order chi connectivity index (χ1) is 14.4. The SMILES string of the molecule is CCOc1ccc(CCNC(=O)Cc2c(C)nc3nc(N)nn3c2C)cc1OCC. The van der Waals surface area contributed by atoms with E-state index in [4.69, 9.17) is 15.2 Å². The van der Waals surface area contributed by atoms with Gasteiger partial charge in [-0.15, -0.1) is 5.10 Å². The lowest BCUT2D eigenvalue weighted by atomic mass is 10.1. The van der Waals surface area contributed by atoms with Gasteiger partial charge in [0, 0.05) is 23.5 Å². The summed E-state index contributed by atoms with van der Waals surface area (Å²) in [5, 5.41) is 7.10. The molecule has 30 heavy (non-hydrogen) atoms. The zero-order valence-corrected chi connectivity index (χ0v) is 17.9. The highest BCUT2D eigenvalue weighted by Crippen LogP contribution is 2.28. The van der Waals surface area contributed by atoms with E-state index in [9.17, 15) is 4.79 Å². The first-order valence-corrected chi connectivity index (χ1v) is 10.1. The molecular formula is C21H28N6O3. The predicted molar refractivity (Wildman–Crippen MR) is 114 cm³/mol. The lowest BCUT2D eigenvalue weighted by Crippen LogP contribution is -2.28. The Morgan fingerprint density at radius 2 is 1.87 bits per heavy atom. The molecular weight excluding hydrogens is 384 g/mol. The van der Waals surface area contributed by atoms with Gasteiger partial charge in [-0.05, 0) is 51.8 Å². The molecule has 0 aliphatic heterocycles. The maximum absolute atomic E-state index is 12.5. The van der Waals surface area contributed by atoms with E-state index < -0.39 is 0 Å². The molecule has 2 heterocycles. The van der Waals surface area contributed by atoms with Gasteiger partial charge in [-0.1, -0.05) is 6.07 Å². The lowest BCUT2D eigenvalue weighted by molar-refractivity contribution is -0.120. The fourth-order valence-electron chi connectivity index (χ4n) is 3.30.